The maximum atomic E-state index is 11.6. The van der Waals surface area contributed by atoms with Crippen LogP contribution in [0.2, 0.25) is 0 Å². The molecule has 0 saturated heterocycles. The van der Waals surface area contributed by atoms with Gasteiger partial charge in [0.1, 0.15) is 6.10 Å². The topological polar surface area (TPSA) is 84.2 Å². The quantitative estimate of drug-likeness (QED) is 0.314. The van der Waals surface area contributed by atoms with Crippen molar-refractivity contribution in [1.29, 1.82) is 5.41 Å². The summed E-state index contributed by atoms with van der Waals surface area (Å²) in [7, 11) is 0. The Kier molecular flexibility index (Phi) is 7.41. The van der Waals surface area contributed by atoms with E-state index in [1.165, 1.54) is 5.57 Å². The Hall–Kier alpha value is -2.67. The van der Waals surface area contributed by atoms with Crippen LogP contribution in [0.25, 0.3) is 0 Å². The number of carbonyl (C=O) groups is 1. The van der Waals surface area contributed by atoms with Crippen molar-refractivity contribution in [2.45, 2.75) is 39.2 Å². The molecule has 0 radical (unpaired) electrons. The zero-order valence-electron chi connectivity index (χ0n) is 17.1. The van der Waals surface area contributed by atoms with Crippen LogP contribution in [0.4, 0.5) is 0 Å². The van der Waals surface area contributed by atoms with Crippen LogP contribution in [-0.2, 0) is 19.1 Å². The normalized spacial score (nSPS) is 19.2. The minimum absolute atomic E-state index is 0.0502. The number of oxime groups is 1. The summed E-state index contributed by atoms with van der Waals surface area (Å²) in [6, 6.07) is 7.68. The van der Waals surface area contributed by atoms with Crippen LogP contribution in [0.1, 0.15) is 44.2 Å². The number of hydrogen-bond donors (Lipinski definition) is 1. The van der Waals surface area contributed by atoms with Crippen LogP contribution in [0.15, 0.2) is 41.1 Å². The van der Waals surface area contributed by atoms with Crippen LogP contribution in [0.5, 0.6) is 0 Å². The van der Waals surface area contributed by atoms with Crippen molar-refractivity contribution in [2.24, 2.45) is 5.16 Å². The first-order valence-electron chi connectivity index (χ1n) is 10.2. The van der Waals surface area contributed by atoms with Crippen molar-refractivity contribution in [3.05, 3.63) is 47.0 Å². The molecule has 3 rings (SSSR count). The maximum absolute atomic E-state index is 11.6. The molecular formula is C22H29N3O4. The van der Waals surface area contributed by atoms with Gasteiger partial charge in [0.05, 0.1) is 25.5 Å². The predicted octanol–water partition coefficient (Wildman–Crippen LogP) is 3.13. The highest BCUT2D eigenvalue weighted by Gasteiger charge is 2.25. The first kappa shape index (κ1) is 21.0. The summed E-state index contributed by atoms with van der Waals surface area (Å²) in [5.74, 6) is 0.0201. The van der Waals surface area contributed by atoms with Crippen LogP contribution in [0, 0.1) is 5.41 Å². The van der Waals surface area contributed by atoms with Gasteiger partial charge in [-0.2, -0.15) is 0 Å². The van der Waals surface area contributed by atoms with Crippen molar-refractivity contribution < 1.29 is 19.1 Å². The molecule has 1 unspecified atom stereocenters. The molecule has 29 heavy (non-hydrogen) atoms. The zero-order valence-corrected chi connectivity index (χ0v) is 17.1. The van der Waals surface area contributed by atoms with Crippen molar-refractivity contribution in [3.63, 3.8) is 0 Å². The molecule has 1 aromatic carbocycles. The highest BCUT2D eigenvalue weighted by atomic mass is 16.6. The number of hydrogen-bond acceptors (Lipinski definition) is 7. The van der Waals surface area contributed by atoms with E-state index in [-0.39, 0.29) is 18.0 Å². The van der Waals surface area contributed by atoms with E-state index >= 15 is 0 Å². The van der Waals surface area contributed by atoms with E-state index in [1.54, 1.807) is 0 Å². The van der Waals surface area contributed by atoms with Crippen LogP contribution < -0.4 is 0 Å². The minimum atomic E-state index is -0.163. The Labute approximate surface area is 171 Å². The van der Waals surface area contributed by atoms with Crippen molar-refractivity contribution in [1.82, 2.24) is 4.90 Å². The fourth-order valence-corrected chi connectivity index (χ4v) is 3.51. The van der Waals surface area contributed by atoms with Crippen molar-refractivity contribution in [2.75, 3.05) is 32.8 Å². The average molecular weight is 399 g/mol. The van der Waals surface area contributed by atoms with E-state index in [0.29, 0.717) is 19.8 Å². The Bertz CT molecular complexity index is 786. The van der Waals surface area contributed by atoms with Gasteiger partial charge in [-0.1, -0.05) is 28.9 Å². The number of carbonyl (C=O) groups excluding carboxylic acids is 1. The van der Waals surface area contributed by atoms with Gasteiger partial charge in [-0.15, -0.1) is 0 Å². The van der Waals surface area contributed by atoms with E-state index in [9.17, 15) is 4.79 Å². The third kappa shape index (κ3) is 5.90. The highest BCUT2D eigenvalue weighted by Crippen LogP contribution is 2.25. The van der Waals surface area contributed by atoms with E-state index in [1.807, 2.05) is 38.1 Å². The lowest BCUT2D eigenvalue weighted by molar-refractivity contribution is -0.144. The molecule has 7 nitrogen and oxygen atoms in total. The lowest BCUT2D eigenvalue weighted by Gasteiger charge is -2.26. The van der Waals surface area contributed by atoms with Crippen LogP contribution >= 0.6 is 0 Å². The first-order chi connectivity index (χ1) is 14.1. The first-order valence-corrected chi connectivity index (χ1v) is 10.2. The minimum Gasteiger partial charge on any atom is -0.478 e. The summed E-state index contributed by atoms with van der Waals surface area (Å²) < 4.78 is 10.2. The van der Waals surface area contributed by atoms with Crippen molar-refractivity contribution in [3.8, 4) is 0 Å². The summed E-state index contributed by atoms with van der Waals surface area (Å²) in [4.78, 5) is 19.3. The molecule has 2 aliphatic heterocycles. The molecule has 0 amide bonds. The standard InChI is InChI=1S/C22H29N3O4/c1-3-27-21(26)15-25-11-9-16(10-12-25)13-19-14-20(24-29-19)17-5-7-18(8-6-17)22(23)28-4-2/h5-9,19,23H,3-4,10-15H2,1-2H3. The highest BCUT2D eigenvalue weighted by molar-refractivity contribution is 6.02. The number of nitrogens with zero attached hydrogens (tertiary/aromatic N) is 2. The molecule has 0 fully saturated rings. The Morgan fingerprint density at radius 1 is 1.24 bits per heavy atom. The van der Waals surface area contributed by atoms with Gasteiger partial charge in [0.2, 0.25) is 5.90 Å². The summed E-state index contributed by atoms with van der Waals surface area (Å²) >= 11 is 0. The fourth-order valence-electron chi connectivity index (χ4n) is 3.51. The van der Waals surface area contributed by atoms with E-state index in [4.69, 9.17) is 19.7 Å². The molecule has 0 spiro atoms. The monoisotopic (exact) mass is 399 g/mol. The van der Waals surface area contributed by atoms with Crippen LogP contribution in [0.3, 0.4) is 0 Å². The Morgan fingerprint density at radius 3 is 2.66 bits per heavy atom. The largest absolute Gasteiger partial charge is 0.478 e. The molecule has 156 valence electrons. The smallest absolute Gasteiger partial charge is 0.320 e. The number of benzene rings is 1. The molecule has 0 saturated carbocycles. The Morgan fingerprint density at radius 2 is 2.00 bits per heavy atom. The molecule has 1 aromatic rings. The lowest BCUT2D eigenvalue weighted by Crippen LogP contribution is -2.34. The van der Waals surface area contributed by atoms with Gasteiger partial charge >= 0.3 is 5.97 Å². The third-order valence-electron chi connectivity index (χ3n) is 5.04. The van der Waals surface area contributed by atoms with Gasteiger partial charge in [0, 0.05) is 31.5 Å². The number of esters is 1. The fraction of sp³-hybridized carbons (Fsp3) is 0.500. The number of ether oxygens (including phenoxy) is 2. The molecular weight excluding hydrogens is 370 g/mol. The SMILES string of the molecule is CCOC(=N)c1ccc(C2=NOC(CC3=CCN(CC(=O)OCC)CC3)C2)cc1. The van der Waals surface area contributed by atoms with Crippen molar-refractivity contribution >= 4 is 17.6 Å². The van der Waals surface area contributed by atoms with Gasteiger partial charge in [-0.05, 0) is 38.0 Å². The zero-order chi connectivity index (χ0) is 20.6. The molecule has 7 heteroatoms. The van der Waals surface area contributed by atoms with E-state index < -0.39 is 0 Å². The van der Waals surface area contributed by atoms with Gasteiger partial charge < -0.3 is 14.3 Å². The third-order valence-corrected chi connectivity index (χ3v) is 5.04. The average Bonchev–Trinajstić information content (AvgIpc) is 3.18. The second-order valence-corrected chi connectivity index (χ2v) is 7.17. The van der Waals surface area contributed by atoms with Crippen LogP contribution in [-0.4, -0.2) is 61.4 Å². The Balaban J connectivity index is 1.47. The summed E-state index contributed by atoms with van der Waals surface area (Å²) in [6.45, 7) is 6.57. The second kappa shape index (κ2) is 10.2. The second-order valence-electron chi connectivity index (χ2n) is 7.17. The molecule has 2 aliphatic rings. The molecule has 1 atom stereocenters. The molecule has 1 N–H and O–H groups in total. The van der Waals surface area contributed by atoms with Gasteiger partial charge in [0.15, 0.2) is 0 Å². The van der Waals surface area contributed by atoms with Gasteiger partial charge in [-0.3, -0.25) is 15.1 Å². The van der Waals surface area contributed by atoms with E-state index in [2.05, 4.69) is 16.1 Å². The van der Waals surface area contributed by atoms with E-state index in [0.717, 1.165) is 49.2 Å². The summed E-state index contributed by atoms with van der Waals surface area (Å²) in [5.41, 5.74) is 4.06. The number of nitrogens with one attached hydrogen (secondary N) is 1. The molecule has 0 aromatic heterocycles. The number of rotatable bonds is 8. The molecule has 2 heterocycles. The molecule has 0 bridgehead atoms. The summed E-state index contributed by atoms with van der Waals surface area (Å²) in [5, 5.41) is 12.1. The molecule has 0 aliphatic carbocycles. The van der Waals surface area contributed by atoms with Gasteiger partial charge in [-0.25, -0.2) is 0 Å². The maximum Gasteiger partial charge on any atom is 0.320 e. The predicted molar refractivity (Wildman–Crippen MR) is 111 cm³/mol. The summed E-state index contributed by atoms with van der Waals surface area (Å²) in [6.07, 6.45) is 4.80. The van der Waals surface area contributed by atoms with Gasteiger partial charge in [0.25, 0.3) is 0 Å². The lowest BCUT2D eigenvalue weighted by atomic mass is 9.96.